The summed E-state index contributed by atoms with van der Waals surface area (Å²) in [6, 6.07) is 8.23. The van der Waals surface area contributed by atoms with Crippen molar-refractivity contribution in [2.75, 3.05) is 18.1 Å². The monoisotopic (exact) mass is 290 g/mol. The molecule has 0 N–H and O–H groups in total. The van der Waals surface area contributed by atoms with E-state index in [4.69, 9.17) is 4.74 Å². The largest absolute Gasteiger partial charge is 0.461 e. The molecule has 0 amide bonds. The first kappa shape index (κ1) is 14.5. The molecule has 0 spiro atoms. The van der Waals surface area contributed by atoms with Gasteiger partial charge in [0.05, 0.1) is 6.61 Å². The highest BCUT2D eigenvalue weighted by molar-refractivity contribution is 7.14. The van der Waals surface area contributed by atoms with Gasteiger partial charge in [-0.3, -0.25) is 0 Å². The Kier molecular flexibility index (Phi) is 4.74. The van der Waals surface area contributed by atoms with Crippen LogP contribution in [0.25, 0.3) is 0 Å². The summed E-state index contributed by atoms with van der Waals surface area (Å²) in [4.78, 5) is 18.1. The number of rotatable bonds is 5. The van der Waals surface area contributed by atoms with Gasteiger partial charge in [-0.2, -0.15) is 0 Å². The van der Waals surface area contributed by atoms with Gasteiger partial charge in [0.15, 0.2) is 10.8 Å². The molecule has 0 aliphatic carbocycles. The first-order valence-corrected chi connectivity index (χ1v) is 7.50. The van der Waals surface area contributed by atoms with E-state index in [1.807, 2.05) is 12.1 Å². The number of ether oxygens (including phenoxy) is 1. The topological polar surface area (TPSA) is 42.4 Å². The third-order valence-corrected chi connectivity index (χ3v) is 3.70. The maximum absolute atomic E-state index is 11.7. The fourth-order valence-corrected chi connectivity index (χ4v) is 2.79. The lowest BCUT2D eigenvalue weighted by Gasteiger charge is -2.20. The molecule has 0 radical (unpaired) electrons. The number of hydrogen-bond acceptors (Lipinski definition) is 5. The van der Waals surface area contributed by atoms with Crippen LogP contribution < -0.4 is 4.90 Å². The van der Waals surface area contributed by atoms with Crippen LogP contribution in [0.5, 0.6) is 0 Å². The second-order valence-corrected chi connectivity index (χ2v) is 5.16. The third-order valence-electron chi connectivity index (χ3n) is 2.84. The van der Waals surface area contributed by atoms with Crippen molar-refractivity contribution in [2.45, 2.75) is 20.8 Å². The lowest BCUT2D eigenvalue weighted by molar-refractivity contribution is 0.0520. The molecule has 1 aromatic carbocycles. The van der Waals surface area contributed by atoms with Gasteiger partial charge in [0.2, 0.25) is 0 Å². The van der Waals surface area contributed by atoms with E-state index in [2.05, 4.69) is 35.9 Å². The molecule has 5 heteroatoms. The van der Waals surface area contributed by atoms with Crippen LogP contribution in [0.15, 0.2) is 29.6 Å². The van der Waals surface area contributed by atoms with Gasteiger partial charge < -0.3 is 9.64 Å². The summed E-state index contributed by atoms with van der Waals surface area (Å²) in [6.07, 6.45) is 0. The average Bonchev–Trinajstić information content (AvgIpc) is 2.90. The molecule has 4 nitrogen and oxygen atoms in total. The highest BCUT2D eigenvalue weighted by atomic mass is 32.1. The van der Waals surface area contributed by atoms with E-state index in [9.17, 15) is 4.79 Å². The summed E-state index contributed by atoms with van der Waals surface area (Å²) < 4.78 is 4.97. The van der Waals surface area contributed by atoms with Gasteiger partial charge in [0, 0.05) is 17.6 Å². The molecule has 0 bridgehead atoms. The number of benzene rings is 1. The Morgan fingerprint density at radius 1 is 1.40 bits per heavy atom. The number of esters is 1. The summed E-state index contributed by atoms with van der Waals surface area (Å²) in [7, 11) is 0. The van der Waals surface area contributed by atoms with E-state index in [1.165, 1.54) is 16.9 Å². The number of hydrogen-bond donors (Lipinski definition) is 0. The second kappa shape index (κ2) is 6.52. The summed E-state index contributed by atoms with van der Waals surface area (Å²) in [5.41, 5.74) is 2.65. The minimum atomic E-state index is -0.365. The Hall–Kier alpha value is -1.88. The van der Waals surface area contributed by atoms with E-state index in [-0.39, 0.29) is 5.97 Å². The smallest absolute Gasteiger partial charge is 0.357 e. The predicted molar refractivity (Wildman–Crippen MR) is 81.9 cm³/mol. The van der Waals surface area contributed by atoms with Crippen LogP contribution in [0.3, 0.4) is 0 Å². The SMILES string of the molecule is CCOC(=O)c1csc(N(CC)c2cccc(C)c2)n1. The van der Waals surface area contributed by atoms with E-state index in [1.54, 1.807) is 12.3 Å². The Morgan fingerprint density at radius 2 is 2.20 bits per heavy atom. The summed E-state index contributed by atoms with van der Waals surface area (Å²) >= 11 is 1.45. The van der Waals surface area contributed by atoms with Crippen molar-refractivity contribution in [3.05, 3.63) is 40.9 Å². The highest BCUT2D eigenvalue weighted by Crippen LogP contribution is 2.29. The predicted octanol–water partition coefficient (Wildman–Crippen LogP) is 3.79. The maximum Gasteiger partial charge on any atom is 0.357 e. The molecule has 1 heterocycles. The Bertz CT molecular complexity index is 595. The third kappa shape index (κ3) is 3.17. The Balaban J connectivity index is 2.26. The number of carbonyl (C=O) groups excluding carboxylic acids is 1. The van der Waals surface area contributed by atoms with Gasteiger partial charge in [-0.1, -0.05) is 12.1 Å². The van der Waals surface area contributed by atoms with E-state index < -0.39 is 0 Å². The zero-order valence-corrected chi connectivity index (χ0v) is 12.7. The molecule has 0 aliphatic rings. The van der Waals surface area contributed by atoms with Crippen LogP contribution in [-0.2, 0) is 4.74 Å². The molecule has 0 atom stereocenters. The zero-order valence-electron chi connectivity index (χ0n) is 11.9. The normalized spacial score (nSPS) is 10.3. The summed E-state index contributed by atoms with van der Waals surface area (Å²) in [5, 5.41) is 2.55. The minimum Gasteiger partial charge on any atom is -0.461 e. The van der Waals surface area contributed by atoms with Crippen molar-refractivity contribution in [2.24, 2.45) is 0 Å². The number of carbonyl (C=O) groups is 1. The van der Waals surface area contributed by atoms with Gasteiger partial charge in [-0.05, 0) is 38.5 Å². The van der Waals surface area contributed by atoms with Gasteiger partial charge in [-0.15, -0.1) is 11.3 Å². The Labute approximate surface area is 123 Å². The molecular formula is C15H18N2O2S. The first-order chi connectivity index (χ1) is 9.65. The number of anilines is 2. The molecule has 20 heavy (non-hydrogen) atoms. The molecule has 0 aliphatic heterocycles. The second-order valence-electron chi connectivity index (χ2n) is 4.32. The molecule has 1 aromatic heterocycles. The van der Waals surface area contributed by atoms with Crippen molar-refractivity contribution in [3.63, 3.8) is 0 Å². The standard InChI is InChI=1S/C15H18N2O2S/c1-4-17(12-8-6-7-11(3)9-12)15-16-13(10-20-15)14(18)19-5-2/h6-10H,4-5H2,1-3H3. The molecule has 0 fully saturated rings. The minimum absolute atomic E-state index is 0.362. The maximum atomic E-state index is 11.7. The van der Waals surface area contributed by atoms with Gasteiger partial charge >= 0.3 is 5.97 Å². The van der Waals surface area contributed by atoms with Crippen molar-refractivity contribution in [3.8, 4) is 0 Å². The Morgan fingerprint density at radius 3 is 2.85 bits per heavy atom. The van der Waals surface area contributed by atoms with Crippen LogP contribution in [0.1, 0.15) is 29.9 Å². The molecular weight excluding hydrogens is 272 g/mol. The van der Waals surface area contributed by atoms with E-state index in [0.717, 1.165) is 17.4 Å². The van der Waals surface area contributed by atoms with Crippen molar-refractivity contribution in [1.82, 2.24) is 4.98 Å². The number of aromatic nitrogens is 1. The fraction of sp³-hybridized carbons (Fsp3) is 0.333. The number of thiazole rings is 1. The quantitative estimate of drug-likeness (QED) is 0.786. The van der Waals surface area contributed by atoms with Crippen LogP contribution in [-0.4, -0.2) is 24.1 Å². The molecule has 0 saturated heterocycles. The highest BCUT2D eigenvalue weighted by Gasteiger charge is 2.16. The van der Waals surface area contributed by atoms with Gasteiger partial charge in [-0.25, -0.2) is 9.78 Å². The first-order valence-electron chi connectivity index (χ1n) is 6.62. The van der Waals surface area contributed by atoms with Crippen LogP contribution in [0, 0.1) is 6.92 Å². The van der Waals surface area contributed by atoms with Crippen molar-refractivity contribution in [1.29, 1.82) is 0 Å². The number of nitrogens with zero attached hydrogens (tertiary/aromatic N) is 2. The van der Waals surface area contributed by atoms with Gasteiger partial charge in [0.25, 0.3) is 0 Å². The molecule has 0 unspecified atom stereocenters. The molecule has 106 valence electrons. The van der Waals surface area contributed by atoms with Crippen LogP contribution in [0.4, 0.5) is 10.8 Å². The molecule has 2 aromatic rings. The fourth-order valence-electron chi connectivity index (χ4n) is 1.91. The molecule has 2 rings (SSSR count). The van der Waals surface area contributed by atoms with Crippen molar-refractivity contribution < 1.29 is 9.53 Å². The van der Waals surface area contributed by atoms with Crippen LogP contribution >= 0.6 is 11.3 Å². The molecule has 0 saturated carbocycles. The lowest BCUT2D eigenvalue weighted by Crippen LogP contribution is -2.16. The average molecular weight is 290 g/mol. The summed E-state index contributed by atoms with van der Waals surface area (Å²) in [6.45, 7) is 7.06. The summed E-state index contributed by atoms with van der Waals surface area (Å²) in [5.74, 6) is -0.365. The van der Waals surface area contributed by atoms with E-state index >= 15 is 0 Å². The van der Waals surface area contributed by atoms with Gasteiger partial charge in [0.1, 0.15) is 0 Å². The lowest BCUT2D eigenvalue weighted by atomic mass is 10.2. The van der Waals surface area contributed by atoms with Crippen LogP contribution in [0.2, 0.25) is 0 Å². The number of aryl methyl sites for hydroxylation is 1. The van der Waals surface area contributed by atoms with Crippen molar-refractivity contribution >= 4 is 28.1 Å². The van der Waals surface area contributed by atoms with E-state index in [0.29, 0.717) is 12.3 Å². The zero-order chi connectivity index (χ0) is 14.5.